The number of nitrogens with zero attached hydrogens (tertiary/aromatic N) is 2. The van der Waals surface area contributed by atoms with Crippen LogP contribution in [0.15, 0.2) is 29.3 Å². The second-order valence-electron chi connectivity index (χ2n) is 7.07. The van der Waals surface area contributed by atoms with E-state index in [2.05, 4.69) is 41.2 Å². The van der Waals surface area contributed by atoms with Crippen molar-refractivity contribution >= 4 is 29.9 Å². The molecule has 7 heteroatoms. The van der Waals surface area contributed by atoms with Gasteiger partial charge in [0.15, 0.2) is 5.96 Å². The number of ether oxygens (including phenoxy) is 3. The number of halogens is 1. The molecule has 1 heterocycles. The Kier molecular flexibility index (Phi) is 12.5. The molecule has 0 amide bonds. The van der Waals surface area contributed by atoms with E-state index in [1.807, 2.05) is 19.2 Å². The van der Waals surface area contributed by atoms with Gasteiger partial charge in [0.1, 0.15) is 11.9 Å². The smallest absolute Gasteiger partial charge is 0.193 e. The molecule has 0 radical (unpaired) electrons. The van der Waals surface area contributed by atoms with Crippen molar-refractivity contribution in [3.8, 4) is 5.75 Å². The summed E-state index contributed by atoms with van der Waals surface area (Å²) >= 11 is 0. The molecule has 0 bridgehead atoms. The number of aryl methyl sites for hydroxylation is 1. The molecule has 2 rings (SSSR count). The Labute approximate surface area is 187 Å². The van der Waals surface area contributed by atoms with E-state index >= 15 is 0 Å². The second-order valence-corrected chi connectivity index (χ2v) is 7.07. The van der Waals surface area contributed by atoms with Crippen LogP contribution in [0.25, 0.3) is 0 Å². The lowest BCUT2D eigenvalue weighted by atomic mass is 10.1. The van der Waals surface area contributed by atoms with Crippen LogP contribution in [0.4, 0.5) is 0 Å². The lowest BCUT2D eigenvalue weighted by molar-refractivity contribution is 0.00984. The van der Waals surface area contributed by atoms with Crippen molar-refractivity contribution in [3.05, 3.63) is 29.8 Å². The van der Waals surface area contributed by atoms with E-state index in [-0.39, 0.29) is 30.1 Å². The lowest BCUT2D eigenvalue weighted by Crippen LogP contribution is -2.48. The molecular formula is C21H36IN3O3. The summed E-state index contributed by atoms with van der Waals surface area (Å²) < 4.78 is 17.0. The van der Waals surface area contributed by atoms with Gasteiger partial charge in [0.2, 0.25) is 0 Å². The van der Waals surface area contributed by atoms with Gasteiger partial charge >= 0.3 is 0 Å². The zero-order chi connectivity index (χ0) is 19.5. The zero-order valence-electron chi connectivity index (χ0n) is 17.6. The van der Waals surface area contributed by atoms with Gasteiger partial charge in [-0.3, -0.25) is 4.99 Å². The highest BCUT2D eigenvalue weighted by Crippen LogP contribution is 2.15. The molecule has 1 atom stereocenters. The molecule has 1 aliphatic rings. The number of methoxy groups -OCH3 is 1. The average Bonchev–Trinajstić information content (AvgIpc) is 2.68. The Balaban J connectivity index is 0.00000392. The second kappa shape index (κ2) is 14.0. The minimum atomic E-state index is 0. The first-order valence-corrected chi connectivity index (χ1v) is 9.92. The Hall–Kier alpha value is -1.06. The summed E-state index contributed by atoms with van der Waals surface area (Å²) in [5.74, 6) is 1.84. The summed E-state index contributed by atoms with van der Waals surface area (Å²) in [6, 6.07) is 8.15. The van der Waals surface area contributed by atoms with E-state index in [1.54, 1.807) is 7.11 Å². The number of rotatable bonds is 9. The van der Waals surface area contributed by atoms with Crippen LogP contribution < -0.4 is 10.1 Å². The molecule has 1 N–H and O–H groups in total. The number of nitrogens with one attached hydrogen (secondary N) is 1. The molecule has 0 aromatic heterocycles. The average molecular weight is 505 g/mol. The standard InChI is InChI=1S/C21H35N3O3.HI/c1-17-6-8-20(9-7-17)27-18(2)16-23-21(22-3)24-12-10-19(11-13-24)26-15-5-14-25-4;/h6-9,18-19H,5,10-16H2,1-4H3,(H,22,23);1H. The minimum absolute atomic E-state index is 0. The predicted octanol–water partition coefficient (Wildman–Crippen LogP) is 3.47. The first-order chi connectivity index (χ1) is 13.1. The summed E-state index contributed by atoms with van der Waals surface area (Å²) in [4.78, 5) is 6.73. The number of hydrogen-bond donors (Lipinski definition) is 1. The van der Waals surface area contributed by atoms with Crippen molar-refractivity contribution in [1.29, 1.82) is 0 Å². The van der Waals surface area contributed by atoms with Crippen LogP contribution in [-0.4, -0.2) is 70.1 Å². The molecule has 1 fully saturated rings. The van der Waals surface area contributed by atoms with Gasteiger partial charge in [-0.2, -0.15) is 0 Å². The summed E-state index contributed by atoms with van der Waals surface area (Å²) in [5, 5.41) is 3.44. The lowest BCUT2D eigenvalue weighted by Gasteiger charge is -2.34. The molecule has 1 saturated heterocycles. The van der Waals surface area contributed by atoms with Crippen molar-refractivity contribution in [3.63, 3.8) is 0 Å². The Morgan fingerprint density at radius 2 is 1.89 bits per heavy atom. The maximum absolute atomic E-state index is 5.97. The molecule has 1 aromatic rings. The first kappa shape index (κ1) is 25.0. The maximum Gasteiger partial charge on any atom is 0.193 e. The van der Waals surface area contributed by atoms with Crippen LogP contribution in [0.5, 0.6) is 5.75 Å². The van der Waals surface area contributed by atoms with Crippen LogP contribution in [0, 0.1) is 6.92 Å². The number of guanidine groups is 1. The highest BCUT2D eigenvalue weighted by atomic mass is 127. The van der Waals surface area contributed by atoms with Gasteiger partial charge in [0.25, 0.3) is 0 Å². The Bertz CT molecular complexity index is 561. The fourth-order valence-corrected chi connectivity index (χ4v) is 3.15. The Morgan fingerprint density at radius 1 is 1.21 bits per heavy atom. The summed E-state index contributed by atoms with van der Waals surface area (Å²) in [5.41, 5.74) is 1.24. The summed E-state index contributed by atoms with van der Waals surface area (Å²) in [6.45, 7) is 8.32. The summed E-state index contributed by atoms with van der Waals surface area (Å²) in [7, 11) is 3.56. The van der Waals surface area contributed by atoms with Crippen molar-refractivity contribution in [1.82, 2.24) is 10.2 Å². The van der Waals surface area contributed by atoms with E-state index in [1.165, 1.54) is 5.56 Å². The van der Waals surface area contributed by atoms with Crippen LogP contribution in [0.3, 0.4) is 0 Å². The van der Waals surface area contributed by atoms with E-state index < -0.39 is 0 Å². The molecule has 1 aromatic carbocycles. The first-order valence-electron chi connectivity index (χ1n) is 9.92. The zero-order valence-corrected chi connectivity index (χ0v) is 20.0. The number of piperidine rings is 1. The molecular weight excluding hydrogens is 469 g/mol. The number of hydrogen-bond acceptors (Lipinski definition) is 4. The SMILES string of the molecule is CN=C(NCC(C)Oc1ccc(C)cc1)N1CCC(OCCCOC)CC1.I. The largest absolute Gasteiger partial charge is 0.489 e. The fraction of sp³-hybridized carbons (Fsp3) is 0.667. The van der Waals surface area contributed by atoms with Crippen LogP contribution >= 0.6 is 24.0 Å². The third-order valence-corrected chi connectivity index (χ3v) is 4.71. The Morgan fingerprint density at radius 3 is 2.50 bits per heavy atom. The van der Waals surface area contributed by atoms with Gasteiger partial charge in [-0.05, 0) is 45.2 Å². The molecule has 160 valence electrons. The monoisotopic (exact) mass is 505 g/mol. The van der Waals surface area contributed by atoms with Crippen LogP contribution in [0.2, 0.25) is 0 Å². The van der Waals surface area contributed by atoms with Gasteiger partial charge in [-0.15, -0.1) is 24.0 Å². The third-order valence-electron chi connectivity index (χ3n) is 4.71. The quantitative estimate of drug-likeness (QED) is 0.241. The maximum atomic E-state index is 5.97. The molecule has 0 spiro atoms. The molecule has 0 saturated carbocycles. The van der Waals surface area contributed by atoms with Crippen molar-refractivity contribution in [2.75, 3.05) is 47.0 Å². The molecule has 28 heavy (non-hydrogen) atoms. The van der Waals surface area contributed by atoms with Crippen LogP contribution in [0.1, 0.15) is 31.7 Å². The van der Waals surface area contributed by atoms with Gasteiger partial charge < -0.3 is 24.4 Å². The van der Waals surface area contributed by atoms with Gasteiger partial charge in [0, 0.05) is 40.5 Å². The topological polar surface area (TPSA) is 55.3 Å². The van der Waals surface area contributed by atoms with Crippen molar-refractivity contribution in [2.24, 2.45) is 4.99 Å². The number of aliphatic imine (C=N–C) groups is 1. The molecule has 1 aliphatic heterocycles. The van der Waals surface area contributed by atoms with Crippen LogP contribution in [-0.2, 0) is 9.47 Å². The van der Waals surface area contributed by atoms with E-state index in [4.69, 9.17) is 14.2 Å². The number of likely N-dealkylation sites (tertiary alicyclic amines) is 1. The normalized spacial score (nSPS) is 16.4. The van der Waals surface area contributed by atoms with Crippen molar-refractivity contribution in [2.45, 2.75) is 45.3 Å². The molecule has 1 unspecified atom stereocenters. The molecule has 6 nitrogen and oxygen atoms in total. The highest BCUT2D eigenvalue weighted by Gasteiger charge is 2.22. The molecule has 0 aliphatic carbocycles. The third kappa shape index (κ3) is 8.96. The highest BCUT2D eigenvalue weighted by molar-refractivity contribution is 14.0. The summed E-state index contributed by atoms with van der Waals surface area (Å²) in [6.07, 6.45) is 3.43. The number of benzene rings is 1. The fourth-order valence-electron chi connectivity index (χ4n) is 3.15. The predicted molar refractivity (Wildman–Crippen MR) is 125 cm³/mol. The van der Waals surface area contributed by atoms with Gasteiger partial charge in [-0.1, -0.05) is 17.7 Å². The van der Waals surface area contributed by atoms with E-state index in [9.17, 15) is 0 Å². The van der Waals surface area contributed by atoms with Crippen molar-refractivity contribution < 1.29 is 14.2 Å². The van der Waals surface area contributed by atoms with Gasteiger partial charge in [-0.25, -0.2) is 0 Å². The van der Waals surface area contributed by atoms with E-state index in [0.29, 0.717) is 12.6 Å². The minimum Gasteiger partial charge on any atom is -0.489 e. The van der Waals surface area contributed by atoms with E-state index in [0.717, 1.165) is 57.3 Å². The van der Waals surface area contributed by atoms with Gasteiger partial charge in [0.05, 0.1) is 12.6 Å².